The van der Waals surface area contributed by atoms with Crippen LogP contribution in [0.25, 0.3) is 21.6 Å². The van der Waals surface area contributed by atoms with Crippen molar-refractivity contribution < 1.29 is 9.59 Å². The van der Waals surface area contributed by atoms with Crippen molar-refractivity contribution in [1.82, 2.24) is 15.0 Å². The molecule has 6 nitrogen and oxygen atoms in total. The number of hydrogen-bond acceptors (Lipinski definition) is 6. The van der Waals surface area contributed by atoms with Crippen molar-refractivity contribution in [2.75, 3.05) is 5.43 Å². The number of imide groups is 1. The lowest BCUT2D eigenvalue weighted by molar-refractivity contribution is -0.135. The third kappa shape index (κ3) is 2.53. The molecular formula is C19H12N4O2S. The number of benzene rings is 1. The lowest BCUT2D eigenvalue weighted by atomic mass is 10.1. The van der Waals surface area contributed by atoms with Gasteiger partial charge in [-0.3, -0.25) is 15.0 Å². The van der Waals surface area contributed by atoms with Crippen LogP contribution in [-0.4, -0.2) is 26.8 Å². The Hall–Kier alpha value is -3.50. The Labute approximate surface area is 153 Å². The smallest absolute Gasteiger partial charge is 0.271 e. The summed E-state index contributed by atoms with van der Waals surface area (Å²) in [6.07, 6.45) is 6.89. The molecule has 26 heavy (non-hydrogen) atoms. The number of carbonyl (C=O) groups is 2. The van der Waals surface area contributed by atoms with Crippen molar-refractivity contribution in [2.45, 2.75) is 6.92 Å². The lowest BCUT2D eigenvalue weighted by Gasteiger charge is -2.18. The summed E-state index contributed by atoms with van der Waals surface area (Å²) >= 11 is 1.50. The van der Waals surface area contributed by atoms with Gasteiger partial charge in [-0.15, -0.1) is 17.8 Å². The van der Waals surface area contributed by atoms with Crippen molar-refractivity contribution in [2.24, 2.45) is 0 Å². The summed E-state index contributed by atoms with van der Waals surface area (Å²) in [7, 11) is 0. The van der Waals surface area contributed by atoms with E-state index >= 15 is 0 Å². The van der Waals surface area contributed by atoms with Gasteiger partial charge in [-0.2, -0.15) is 5.01 Å². The highest BCUT2D eigenvalue weighted by Gasteiger charge is 2.30. The van der Waals surface area contributed by atoms with E-state index < -0.39 is 11.8 Å². The number of amides is 2. The summed E-state index contributed by atoms with van der Waals surface area (Å²) in [5.41, 5.74) is 4.39. The molecule has 0 spiro atoms. The Morgan fingerprint density at radius 2 is 2.04 bits per heavy atom. The number of terminal acetylenes is 1. The summed E-state index contributed by atoms with van der Waals surface area (Å²) < 4.78 is 0. The van der Waals surface area contributed by atoms with Gasteiger partial charge in [0.1, 0.15) is 0 Å². The topological polar surface area (TPSA) is 75.2 Å². The summed E-state index contributed by atoms with van der Waals surface area (Å²) in [4.78, 5) is 34.3. The van der Waals surface area contributed by atoms with Crippen LogP contribution in [0.5, 0.6) is 0 Å². The zero-order valence-corrected chi connectivity index (χ0v) is 14.5. The number of anilines is 1. The first-order valence-electron chi connectivity index (χ1n) is 7.73. The van der Waals surface area contributed by atoms with Crippen LogP contribution in [0.3, 0.4) is 0 Å². The third-order valence-corrected chi connectivity index (χ3v) is 4.80. The highest BCUT2D eigenvalue weighted by atomic mass is 32.1. The quantitative estimate of drug-likeness (QED) is 0.574. The molecule has 1 aliphatic heterocycles. The maximum atomic E-state index is 12.2. The summed E-state index contributed by atoms with van der Waals surface area (Å²) in [5.74, 6) is 2.54. The summed E-state index contributed by atoms with van der Waals surface area (Å²) in [6.45, 7) is 1.59. The molecule has 1 aliphatic rings. The Bertz CT molecular complexity index is 1130. The minimum atomic E-state index is -0.449. The van der Waals surface area contributed by atoms with Gasteiger partial charge in [-0.1, -0.05) is 18.1 Å². The second-order valence-corrected chi connectivity index (χ2v) is 6.58. The summed E-state index contributed by atoms with van der Waals surface area (Å²) in [5, 5.41) is 3.44. The normalized spacial score (nSPS) is 13.8. The first-order valence-corrected chi connectivity index (χ1v) is 8.61. The fourth-order valence-corrected chi connectivity index (χ4v) is 3.36. The van der Waals surface area contributed by atoms with Gasteiger partial charge in [-0.25, -0.2) is 9.97 Å². The van der Waals surface area contributed by atoms with E-state index in [0.717, 1.165) is 9.89 Å². The minimum absolute atomic E-state index is 0.316. The van der Waals surface area contributed by atoms with Gasteiger partial charge in [0, 0.05) is 17.2 Å². The number of rotatable bonds is 3. The number of thiophene rings is 1. The molecule has 2 aromatic heterocycles. The van der Waals surface area contributed by atoms with Crippen LogP contribution >= 0.6 is 11.3 Å². The van der Waals surface area contributed by atoms with E-state index in [0.29, 0.717) is 33.7 Å². The van der Waals surface area contributed by atoms with Gasteiger partial charge in [0.25, 0.3) is 11.8 Å². The number of carbonyl (C=O) groups excluding carboxylic acids is 2. The standard InChI is InChI=1S/C19H12N4O2S/c1-3-12-6-4-7-13-16(12)18(21-17(20-13)14-8-5-9-26-14)22-23-15(24)10-11(2)19(23)25/h1,4-10H,2H3,(H,20,21,22). The molecule has 3 heterocycles. The van der Waals surface area contributed by atoms with Crippen LogP contribution in [0.15, 0.2) is 47.4 Å². The van der Waals surface area contributed by atoms with Crippen molar-refractivity contribution in [3.05, 3.63) is 52.9 Å². The van der Waals surface area contributed by atoms with Gasteiger partial charge in [-0.05, 0) is 30.5 Å². The van der Waals surface area contributed by atoms with E-state index in [2.05, 4.69) is 21.3 Å². The number of nitrogens with zero attached hydrogens (tertiary/aromatic N) is 3. The maximum Gasteiger partial charge on any atom is 0.275 e. The van der Waals surface area contributed by atoms with Crippen LogP contribution in [0.2, 0.25) is 0 Å². The summed E-state index contributed by atoms with van der Waals surface area (Å²) in [6, 6.07) is 9.19. The van der Waals surface area contributed by atoms with Crippen LogP contribution < -0.4 is 5.43 Å². The number of aromatic nitrogens is 2. The van der Waals surface area contributed by atoms with Crippen molar-refractivity contribution in [1.29, 1.82) is 0 Å². The average molecular weight is 360 g/mol. The first-order chi connectivity index (χ1) is 12.6. The fraction of sp³-hybridized carbons (Fsp3) is 0.0526. The molecule has 0 radical (unpaired) electrons. The van der Waals surface area contributed by atoms with Crippen molar-refractivity contribution >= 4 is 39.9 Å². The van der Waals surface area contributed by atoms with Crippen molar-refractivity contribution in [3.8, 4) is 23.0 Å². The lowest BCUT2D eigenvalue weighted by Crippen LogP contribution is -2.36. The van der Waals surface area contributed by atoms with E-state index in [4.69, 9.17) is 6.42 Å². The highest BCUT2D eigenvalue weighted by Crippen LogP contribution is 2.30. The molecule has 0 bridgehead atoms. The first kappa shape index (κ1) is 16.0. The molecule has 0 saturated carbocycles. The Kier molecular flexibility index (Phi) is 3.75. The van der Waals surface area contributed by atoms with E-state index in [-0.39, 0.29) is 0 Å². The molecule has 126 valence electrons. The number of hydrogen-bond donors (Lipinski definition) is 1. The Balaban J connectivity index is 1.90. The molecule has 2 amide bonds. The zero-order chi connectivity index (χ0) is 18.3. The number of hydrazine groups is 1. The van der Waals surface area contributed by atoms with E-state index in [1.54, 1.807) is 13.0 Å². The molecule has 4 rings (SSSR count). The monoisotopic (exact) mass is 360 g/mol. The van der Waals surface area contributed by atoms with Crippen LogP contribution in [0.1, 0.15) is 12.5 Å². The largest absolute Gasteiger partial charge is 0.275 e. The van der Waals surface area contributed by atoms with E-state index in [9.17, 15) is 9.59 Å². The van der Waals surface area contributed by atoms with Gasteiger partial charge < -0.3 is 0 Å². The third-order valence-electron chi connectivity index (χ3n) is 3.94. The molecular weight excluding hydrogens is 348 g/mol. The molecule has 0 aliphatic carbocycles. The predicted octanol–water partition coefficient (Wildman–Crippen LogP) is 2.98. The van der Waals surface area contributed by atoms with E-state index in [1.165, 1.54) is 17.4 Å². The number of nitrogens with one attached hydrogen (secondary N) is 1. The molecule has 7 heteroatoms. The second kappa shape index (κ2) is 6.10. The fourth-order valence-electron chi connectivity index (χ4n) is 2.70. The average Bonchev–Trinajstić information content (AvgIpc) is 3.26. The highest BCUT2D eigenvalue weighted by molar-refractivity contribution is 7.13. The minimum Gasteiger partial charge on any atom is -0.271 e. The van der Waals surface area contributed by atoms with Gasteiger partial charge in [0.2, 0.25) is 0 Å². The Morgan fingerprint density at radius 3 is 2.69 bits per heavy atom. The van der Waals surface area contributed by atoms with Crippen LogP contribution in [0, 0.1) is 12.3 Å². The van der Waals surface area contributed by atoms with Gasteiger partial charge in [0.05, 0.1) is 15.8 Å². The second-order valence-electron chi connectivity index (χ2n) is 5.64. The SMILES string of the molecule is C#Cc1cccc2nc(-c3cccs3)nc(NN3C(=O)C=C(C)C3=O)c12. The molecule has 0 unspecified atom stereocenters. The number of fused-ring (bicyclic) bond motifs is 1. The van der Waals surface area contributed by atoms with Gasteiger partial charge >= 0.3 is 0 Å². The molecule has 1 N–H and O–H groups in total. The molecule has 1 aromatic carbocycles. The van der Waals surface area contributed by atoms with Gasteiger partial charge in [0.15, 0.2) is 11.6 Å². The molecule has 3 aromatic rings. The maximum absolute atomic E-state index is 12.2. The van der Waals surface area contributed by atoms with Crippen molar-refractivity contribution in [3.63, 3.8) is 0 Å². The predicted molar refractivity (Wildman–Crippen MR) is 100 cm³/mol. The van der Waals surface area contributed by atoms with E-state index in [1.807, 2.05) is 29.6 Å². The van der Waals surface area contributed by atoms with Crippen LogP contribution in [0.4, 0.5) is 5.82 Å². The Morgan fingerprint density at radius 1 is 1.19 bits per heavy atom. The zero-order valence-electron chi connectivity index (χ0n) is 13.7. The molecule has 0 saturated heterocycles. The van der Waals surface area contributed by atoms with Crippen LogP contribution in [-0.2, 0) is 9.59 Å². The molecule has 0 fully saturated rings. The molecule has 0 atom stereocenters.